The van der Waals surface area contributed by atoms with Crippen molar-refractivity contribution >= 4 is 5.97 Å². The molecule has 0 spiro atoms. The number of hydrogen-bond donors (Lipinski definition) is 1. The molecular formula is C26H40N2O2. The predicted molar refractivity (Wildman–Crippen MR) is 128 cm³/mol. The van der Waals surface area contributed by atoms with Gasteiger partial charge in [0, 0.05) is 17.6 Å². The molecule has 30 heavy (non-hydrogen) atoms. The molecule has 0 fully saturated rings. The molecule has 1 unspecified atom stereocenters. The Balaban J connectivity index is 0. The number of allylic oxidation sites excluding steroid dienone is 1. The molecule has 0 aliphatic carbocycles. The van der Waals surface area contributed by atoms with Crippen molar-refractivity contribution in [2.24, 2.45) is 5.92 Å². The highest BCUT2D eigenvalue weighted by molar-refractivity contribution is 5.72. The minimum atomic E-state index is -1.07. The molecule has 1 heterocycles. The van der Waals surface area contributed by atoms with Gasteiger partial charge in [0.25, 0.3) is 0 Å². The van der Waals surface area contributed by atoms with Crippen LogP contribution in [-0.4, -0.2) is 15.6 Å². The highest BCUT2D eigenvalue weighted by atomic mass is 16.4. The van der Waals surface area contributed by atoms with Gasteiger partial charge in [-0.15, -0.1) is 6.58 Å². The van der Waals surface area contributed by atoms with Crippen LogP contribution >= 0.6 is 0 Å². The first-order valence-corrected chi connectivity index (χ1v) is 10.9. The predicted octanol–water partition coefficient (Wildman–Crippen LogP) is 7.14. The third-order valence-electron chi connectivity index (χ3n) is 4.29. The highest BCUT2D eigenvalue weighted by Crippen LogP contribution is 2.23. The number of carboxylic acids is 1. The zero-order valence-electron chi connectivity index (χ0n) is 19.9. The fourth-order valence-electron chi connectivity index (χ4n) is 2.65. The van der Waals surface area contributed by atoms with Crippen LogP contribution in [0.1, 0.15) is 71.2 Å². The number of hydrogen-bond acceptors (Lipinski definition) is 2. The van der Waals surface area contributed by atoms with Crippen LogP contribution in [0.15, 0.2) is 49.2 Å². The van der Waals surface area contributed by atoms with Crippen LogP contribution in [0.3, 0.4) is 0 Å². The molecule has 0 bridgehead atoms. The standard InChI is InChI=1S/C18H23N.C4H5NO2.2C2H6/c1-4-6-8-13-18-15(3)16(5-2)14-19(18)17-11-9-7-10-12-17;1-3(2-5)4(6)7;2*1-2/h4,7,9-12,14H,1,5-6,8,13H2,2-3H3;3H,1H3,(H,6,7);2*1-2H3. The van der Waals surface area contributed by atoms with Gasteiger partial charge in [0.15, 0.2) is 0 Å². The summed E-state index contributed by atoms with van der Waals surface area (Å²) in [6.07, 6.45) is 8.78. The first kappa shape index (κ1) is 29.4. The lowest BCUT2D eigenvalue weighted by Gasteiger charge is -2.10. The van der Waals surface area contributed by atoms with E-state index in [9.17, 15) is 4.79 Å². The van der Waals surface area contributed by atoms with E-state index in [1.165, 1.54) is 35.9 Å². The summed E-state index contributed by atoms with van der Waals surface area (Å²) in [6, 6.07) is 12.2. The molecule has 1 atom stereocenters. The molecule has 2 aromatic rings. The molecule has 0 aliphatic rings. The second kappa shape index (κ2) is 18.2. The summed E-state index contributed by atoms with van der Waals surface area (Å²) in [7, 11) is 0. The van der Waals surface area contributed by atoms with Gasteiger partial charge in [-0.05, 0) is 62.8 Å². The van der Waals surface area contributed by atoms with E-state index >= 15 is 0 Å². The molecule has 1 aromatic carbocycles. The number of para-hydroxylation sites is 1. The van der Waals surface area contributed by atoms with Gasteiger partial charge in [-0.1, -0.05) is 58.9 Å². The number of benzene rings is 1. The molecule has 0 saturated heterocycles. The normalized spacial score (nSPS) is 9.93. The summed E-state index contributed by atoms with van der Waals surface area (Å²) in [5.74, 6) is -1.94. The number of rotatable bonds is 7. The molecule has 2 rings (SSSR count). The van der Waals surface area contributed by atoms with E-state index in [0.29, 0.717) is 0 Å². The minimum Gasteiger partial charge on any atom is -0.480 e. The third-order valence-corrected chi connectivity index (χ3v) is 4.29. The lowest BCUT2D eigenvalue weighted by molar-refractivity contribution is -0.139. The number of aliphatic carboxylic acids is 1. The van der Waals surface area contributed by atoms with Gasteiger partial charge in [-0.2, -0.15) is 5.26 Å². The molecule has 1 aromatic heterocycles. The number of aromatic nitrogens is 1. The summed E-state index contributed by atoms with van der Waals surface area (Å²) in [5, 5.41) is 15.8. The summed E-state index contributed by atoms with van der Waals surface area (Å²) >= 11 is 0. The third kappa shape index (κ3) is 10.1. The van der Waals surface area contributed by atoms with Gasteiger partial charge in [0.1, 0.15) is 5.92 Å². The summed E-state index contributed by atoms with van der Waals surface area (Å²) in [6.45, 7) is 17.6. The fourth-order valence-corrected chi connectivity index (χ4v) is 2.65. The summed E-state index contributed by atoms with van der Waals surface area (Å²) in [4.78, 5) is 9.71. The van der Waals surface area contributed by atoms with E-state index in [1.807, 2.05) is 33.8 Å². The molecule has 4 nitrogen and oxygen atoms in total. The molecule has 0 radical (unpaired) electrons. The molecule has 166 valence electrons. The van der Waals surface area contributed by atoms with Crippen LogP contribution < -0.4 is 0 Å². The first-order chi connectivity index (χ1) is 14.5. The Kier molecular flexibility index (Phi) is 17.9. The SMILES string of the molecule is C=CCCCc1c(C)c(CC)cn1-c1ccccc1.CC.CC.CC(C#N)C(=O)O. The lowest BCUT2D eigenvalue weighted by Crippen LogP contribution is -2.05. The zero-order valence-corrected chi connectivity index (χ0v) is 19.9. The lowest BCUT2D eigenvalue weighted by atomic mass is 10.1. The second-order valence-electron chi connectivity index (χ2n) is 6.16. The van der Waals surface area contributed by atoms with E-state index < -0.39 is 11.9 Å². The van der Waals surface area contributed by atoms with Gasteiger partial charge in [-0.25, -0.2) is 0 Å². The van der Waals surface area contributed by atoms with Crippen molar-refractivity contribution in [3.05, 3.63) is 66.0 Å². The Morgan fingerprint density at radius 1 is 1.23 bits per heavy atom. The van der Waals surface area contributed by atoms with Crippen molar-refractivity contribution in [1.82, 2.24) is 4.57 Å². The van der Waals surface area contributed by atoms with Gasteiger partial charge < -0.3 is 9.67 Å². The molecule has 0 aliphatic heterocycles. The number of aryl methyl sites for hydroxylation is 1. The van der Waals surface area contributed by atoms with Gasteiger partial charge in [0.05, 0.1) is 6.07 Å². The Morgan fingerprint density at radius 2 is 1.80 bits per heavy atom. The average molecular weight is 413 g/mol. The fraction of sp³-hybridized carbons (Fsp3) is 0.462. The van der Waals surface area contributed by atoms with Gasteiger partial charge >= 0.3 is 5.97 Å². The molecule has 1 N–H and O–H groups in total. The average Bonchev–Trinajstić information content (AvgIpc) is 3.12. The number of nitriles is 1. The maximum absolute atomic E-state index is 9.71. The van der Waals surface area contributed by atoms with Crippen LogP contribution in [0.2, 0.25) is 0 Å². The maximum atomic E-state index is 9.71. The first-order valence-electron chi connectivity index (χ1n) is 10.9. The van der Waals surface area contributed by atoms with E-state index in [1.54, 1.807) is 6.07 Å². The number of carboxylic acid groups (broad SMARTS) is 1. The van der Waals surface area contributed by atoms with Crippen molar-refractivity contribution < 1.29 is 9.90 Å². The Hall–Kier alpha value is -2.80. The Labute approximate surface area is 183 Å². The molecular weight excluding hydrogens is 372 g/mol. The summed E-state index contributed by atoms with van der Waals surface area (Å²) < 4.78 is 2.36. The largest absolute Gasteiger partial charge is 0.480 e. The van der Waals surface area contributed by atoms with Gasteiger partial charge in [-0.3, -0.25) is 4.79 Å². The minimum absolute atomic E-state index is 0.875. The number of unbranched alkanes of at least 4 members (excludes halogenated alkanes) is 1. The maximum Gasteiger partial charge on any atom is 0.320 e. The van der Waals surface area contributed by atoms with Crippen LogP contribution in [0.4, 0.5) is 0 Å². The summed E-state index contributed by atoms with van der Waals surface area (Å²) in [5.41, 5.74) is 5.62. The number of carbonyl (C=O) groups is 1. The van der Waals surface area contributed by atoms with E-state index in [0.717, 1.165) is 19.3 Å². The monoisotopic (exact) mass is 412 g/mol. The van der Waals surface area contributed by atoms with Crippen molar-refractivity contribution in [2.45, 2.75) is 74.1 Å². The van der Waals surface area contributed by atoms with Crippen LogP contribution in [-0.2, 0) is 17.6 Å². The van der Waals surface area contributed by atoms with Gasteiger partial charge in [0.2, 0.25) is 0 Å². The number of nitrogens with zero attached hydrogens (tertiary/aromatic N) is 2. The molecule has 0 amide bonds. The Bertz CT molecular complexity index is 755. The van der Waals surface area contributed by atoms with Crippen molar-refractivity contribution in [3.63, 3.8) is 0 Å². The van der Waals surface area contributed by atoms with Crippen LogP contribution in [0, 0.1) is 24.2 Å². The smallest absolute Gasteiger partial charge is 0.320 e. The van der Waals surface area contributed by atoms with E-state index in [-0.39, 0.29) is 0 Å². The van der Waals surface area contributed by atoms with Crippen molar-refractivity contribution in [2.75, 3.05) is 0 Å². The van der Waals surface area contributed by atoms with E-state index in [4.69, 9.17) is 10.4 Å². The zero-order chi connectivity index (χ0) is 23.5. The van der Waals surface area contributed by atoms with Crippen molar-refractivity contribution in [3.8, 4) is 11.8 Å². The second-order valence-corrected chi connectivity index (χ2v) is 6.16. The highest BCUT2D eigenvalue weighted by Gasteiger charge is 2.11. The van der Waals surface area contributed by atoms with Crippen molar-refractivity contribution in [1.29, 1.82) is 5.26 Å². The van der Waals surface area contributed by atoms with Crippen LogP contribution in [0.5, 0.6) is 0 Å². The topological polar surface area (TPSA) is 66.0 Å². The van der Waals surface area contributed by atoms with Crippen LogP contribution in [0.25, 0.3) is 5.69 Å². The van der Waals surface area contributed by atoms with E-state index in [2.05, 4.69) is 61.5 Å². The quantitative estimate of drug-likeness (QED) is 0.388. The Morgan fingerprint density at radius 3 is 2.20 bits per heavy atom. The molecule has 0 saturated carbocycles. The molecule has 4 heteroatoms.